The van der Waals surface area contributed by atoms with Crippen LogP contribution < -0.4 is 9.62 Å². The molecular formula is C25H33Cl2N3O4S. The van der Waals surface area contributed by atoms with E-state index in [1.807, 2.05) is 52.0 Å². The van der Waals surface area contributed by atoms with Gasteiger partial charge in [-0.15, -0.1) is 0 Å². The van der Waals surface area contributed by atoms with E-state index in [4.69, 9.17) is 23.2 Å². The molecule has 2 aromatic carbocycles. The van der Waals surface area contributed by atoms with Crippen molar-refractivity contribution in [3.8, 4) is 0 Å². The molecule has 2 amide bonds. The molecular weight excluding hydrogens is 509 g/mol. The van der Waals surface area contributed by atoms with Gasteiger partial charge in [0.2, 0.25) is 21.8 Å². The van der Waals surface area contributed by atoms with Crippen molar-refractivity contribution in [1.82, 2.24) is 10.2 Å². The summed E-state index contributed by atoms with van der Waals surface area (Å²) in [6, 6.07) is 11.4. The summed E-state index contributed by atoms with van der Waals surface area (Å²) < 4.78 is 26.3. The summed E-state index contributed by atoms with van der Waals surface area (Å²) >= 11 is 12.4. The van der Waals surface area contributed by atoms with Crippen molar-refractivity contribution in [3.05, 3.63) is 63.6 Å². The van der Waals surface area contributed by atoms with Gasteiger partial charge in [0, 0.05) is 12.6 Å². The van der Waals surface area contributed by atoms with Gasteiger partial charge in [-0.2, -0.15) is 0 Å². The number of benzene rings is 2. The average Bonchev–Trinajstić information content (AvgIpc) is 2.78. The van der Waals surface area contributed by atoms with E-state index < -0.39 is 28.5 Å². The molecule has 0 heterocycles. The van der Waals surface area contributed by atoms with E-state index in [2.05, 4.69) is 5.32 Å². The highest BCUT2D eigenvalue weighted by molar-refractivity contribution is 7.92. The third kappa shape index (κ3) is 7.85. The van der Waals surface area contributed by atoms with Crippen molar-refractivity contribution in [2.45, 2.75) is 59.2 Å². The van der Waals surface area contributed by atoms with Crippen molar-refractivity contribution in [1.29, 1.82) is 0 Å². The van der Waals surface area contributed by atoms with Crippen LogP contribution in [-0.2, 0) is 26.2 Å². The van der Waals surface area contributed by atoms with Gasteiger partial charge in [0.15, 0.2) is 0 Å². The number of hydrogen-bond acceptors (Lipinski definition) is 4. The Morgan fingerprint density at radius 1 is 1.06 bits per heavy atom. The van der Waals surface area contributed by atoms with Crippen LogP contribution >= 0.6 is 23.2 Å². The summed E-state index contributed by atoms with van der Waals surface area (Å²) in [5, 5.41) is 3.14. The Hall–Kier alpha value is -2.29. The van der Waals surface area contributed by atoms with Gasteiger partial charge >= 0.3 is 0 Å². The fraction of sp³-hybridized carbons (Fsp3) is 0.440. The van der Waals surface area contributed by atoms with Gasteiger partial charge in [-0.1, -0.05) is 72.9 Å². The molecule has 2 atom stereocenters. The molecule has 35 heavy (non-hydrogen) atoms. The van der Waals surface area contributed by atoms with Crippen LogP contribution in [0.25, 0.3) is 0 Å². The van der Waals surface area contributed by atoms with Gasteiger partial charge in [0.05, 0.1) is 22.0 Å². The predicted octanol–water partition coefficient (Wildman–Crippen LogP) is 4.79. The van der Waals surface area contributed by atoms with Crippen LogP contribution in [0, 0.1) is 6.92 Å². The predicted molar refractivity (Wildman–Crippen MR) is 142 cm³/mol. The van der Waals surface area contributed by atoms with Crippen LogP contribution in [0.1, 0.15) is 44.7 Å². The summed E-state index contributed by atoms with van der Waals surface area (Å²) in [7, 11) is -3.90. The van der Waals surface area contributed by atoms with E-state index in [9.17, 15) is 18.0 Å². The van der Waals surface area contributed by atoms with Crippen LogP contribution in [0.4, 0.5) is 5.69 Å². The Labute approximate surface area is 218 Å². The van der Waals surface area contributed by atoms with Crippen molar-refractivity contribution in [2.24, 2.45) is 0 Å². The first-order valence-electron chi connectivity index (χ1n) is 11.5. The maximum absolute atomic E-state index is 13.7. The summed E-state index contributed by atoms with van der Waals surface area (Å²) in [6.45, 7) is 7.23. The highest BCUT2D eigenvalue weighted by Crippen LogP contribution is 2.33. The molecule has 2 rings (SSSR count). The Kier molecular flexibility index (Phi) is 10.4. The van der Waals surface area contributed by atoms with Gasteiger partial charge in [-0.3, -0.25) is 13.9 Å². The molecule has 0 spiro atoms. The van der Waals surface area contributed by atoms with E-state index in [0.29, 0.717) is 6.42 Å². The number of anilines is 1. The molecule has 0 aliphatic rings. The average molecular weight is 543 g/mol. The second-order valence-corrected chi connectivity index (χ2v) is 11.3. The molecule has 0 saturated carbocycles. The second-order valence-electron chi connectivity index (χ2n) is 8.60. The first kappa shape index (κ1) is 28.9. The molecule has 0 aliphatic heterocycles. The minimum Gasteiger partial charge on any atom is -0.352 e. The molecule has 7 nitrogen and oxygen atoms in total. The lowest BCUT2D eigenvalue weighted by Crippen LogP contribution is -2.53. The van der Waals surface area contributed by atoms with E-state index >= 15 is 0 Å². The van der Waals surface area contributed by atoms with Crippen LogP contribution in [0.2, 0.25) is 10.0 Å². The van der Waals surface area contributed by atoms with Crippen molar-refractivity contribution in [2.75, 3.05) is 17.1 Å². The summed E-state index contributed by atoms with van der Waals surface area (Å²) in [5.74, 6) is -0.811. The summed E-state index contributed by atoms with van der Waals surface area (Å²) in [6.07, 6.45) is 2.09. The Bertz CT molecular complexity index is 1160. The first-order valence-corrected chi connectivity index (χ1v) is 14.1. The van der Waals surface area contributed by atoms with E-state index in [-0.39, 0.29) is 34.2 Å². The normalized spacial score (nSPS) is 13.1. The van der Waals surface area contributed by atoms with Crippen molar-refractivity contribution < 1.29 is 18.0 Å². The van der Waals surface area contributed by atoms with Gasteiger partial charge < -0.3 is 10.2 Å². The molecule has 0 unspecified atom stereocenters. The SMILES string of the molecule is CC[C@@H](C)NC(=O)[C@H](CC)N(Cc1cccc(C)c1)C(=O)CN(c1cccc(Cl)c1Cl)S(C)(=O)=O. The molecule has 0 aliphatic carbocycles. The fourth-order valence-electron chi connectivity index (χ4n) is 3.65. The maximum atomic E-state index is 13.7. The summed E-state index contributed by atoms with van der Waals surface area (Å²) in [4.78, 5) is 28.2. The third-order valence-corrected chi connectivity index (χ3v) is 7.64. The van der Waals surface area contributed by atoms with Crippen molar-refractivity contribution >= 4 is 50.7 Å². The smallest absolute Gasteiger partial charge is 0.244 e. The van der Waals surface area contributed by atoms with Gasteiger partial charge in [0.1, 0.15) is 12.6 Å². The van der Waals surface area contributed by atoms with Crippen molar-refractivity contribution in [3.63, 3.8) is 0 Å². The minimum absolute atomic E-state index is 0.0270. The number of nitrogens with zero attached hydrogens (tertiary/aromatic N) is 2. The lowest BCUT2D eigenvalue weighted by atomic mass is 10.1. The largest absolute Gasteiger partial charge is 0.352 e. The van der Waals surface area contributed by atoms with Gasteiger partial charge in [-0.05, 0) is 44.4 Å². The number of carbonyl (C=O) groups excluding carboxylic acids is 2. The third-order valence-electron chi connectivity index (χ3n) is 5.70. The monoisotopic (exact) mass is 541 g/mol. The second kappa shape index (κ2) is 12.6. The number of amides is 2. The van der Waals surface area contributed by atoms with E-state index in [1.54, 1.807) is 6.07 Å². The molecule has 192 valence electrons. The van der Waals surface area contributed by atoms with Crippen LogP contribution in [0.5, 0.6) is 0 Å². The number of hydrogen-bond donors (Lipinski definition) is 1. The van der Waals surface area contributed by atoms with Gasteiger partial charge in [-0.25, -0.2) is 8.42 Å². The Morgan fingerprint density at radius 2 is 1.71 bits per heavy atom. The van der Waals surface area contributed by atoms with E-state index in [1.165, 1.54) is 17.0 Å². The molecule has 10 heteroatoms. The first-order chi connectivity index (χ1) is 16.4. The maximum Gasteiger partial charge on any atom is 0.244 e. The van der Waals surface area contributed by atoms with Crippen LogP contribution in [0.3, 0.4) is 0 Å². The number of rotatable bonds is 11. The zero-order valence-corrected chi connectivity index (χ0v) is 23.0. The molecule has 0 radical (unpaired) electrons. The molecule has 0 aromatic heterocycles. The highest BCUT2D eigenvalue weighted by Gasteiger charge is 2.32. The Morgan fingerprint density at radius 3 is 2.29 bits per heavy atom. The standard InChI is InChI=1S/C25H33Cl2N3O4S/c1-6-18(4)28-25(32)21(7-2)29(15-19-11-8-10-17(3)14-19)23(31)16-30(35(5,33)34)22-13-9-12-20(26)24(22)27/h8-14,18,21H,6-7,15-16H2,1-5H3,(H,28,32)/t18-,21+/m1/s1. The van der Waals surface area contributed by atoms with Gasteiger partial charge in [0.25, 0.3) is 0 Å². The van der Waals surface area contributed by atoms with E-state index in [0.717, 1.165) is 28.1 Å². The minimum atomic E-state index is -3.90. The highest BCUT2D eigenvalue weighted by atomic mass is 35.5. The fourth-order valence-corrected chi connectivity index (χ4v) is 4.95. The number of sulfonamides is 1. The van der Waals surface area contributed by atoms with Crippen LogP contribution in [0.15, 0.2) is 42.5 Å². The molecule has 0 bridgehead atoms. The zero-order chi connectivity index (χ0) is 26.3. The number of nitrogens with one attached hydrogen (secondary N) is 1. The molecule has 0 fully saturated rings. The quantitative estimate of drug-likeness (QED) is 0.443. The lowest BCUT2D eigenvalue weighted by molar-refractivity contribution is -0.140. The molecule has 2 aromatic rings. The number of aryl methyl sites for hydroxylation is 1. The number of carbonyl (C=O) groups is 2. The zero-order valence-electron chi connectivity index (χ0n) is 20.7. The van der Waals surface area contributed by atoms with Crippen LogP contribution in [-0.4, -0.2) is 50.0 Å². The topological polar surface area (TPSA) is 86.8 Å². The molecule has 1 N–H and O–H groups in total. The lowest BCUT2D eigenvalue weighted by Gasteiger charge is -2.33. The molecule has 0 saturated heterocycles. The summed E-state index contributed by atoms with van der Waals surface area (Å²) in [5.41, 5.74) is 1.94. The number of halogens is 2. The Balaban J connectivity index is 2.49.